The van der Waals surface area contributed by atoms with E-state index in [9.17, 15) is 9.59 Å². The molecule has 0 saturated carbocycles. The molecule has 3 aromatic rings. The van der Waals surface area contributed by atoms with Crippen LogP contribution in [0, 0.1) is 5.92 Å². The Morgan fingerprint density at radius 1 is 1.00 bits per heavy atom. The zero-order chi connectivity index (χ0) is 19.9. The molecule has 0 fully saturated rings. The summed E-state index contributed by atoms with van der Waals surface area (Å²) in [5, 5.41) is 4.50. The molecular weight excluding hydrogens is 430 g/mol. The highest BCUT2D eigenvalue weighted by Gasteiger charge is 2.24. The standard InChI is InChI=1S/C19H14Cl4N2O2/c1-8(2)17(26)15-18(27)14-10(21)4-5-11(22)16(14)25-19(15)24-13-6-3-9(20)7-12(13)23/h3-8H,1-2H3,(H2,24,25,27). The molecule has 27 heavy (non-hydrogen) atoms. The van der Waals surface area contributed by atoms with Gasteiger partial charge in [-0.1, -0.05) is 60.3 Å². The number of nitrogens with one attached hydrogen (secondary N) is 2. The minimum atomic E-state index is -0.498. The van der Waals surface area contributed by atoms with E-state index in [0.717, 1.165) is 0 Å². The van der Waals surface area contributed by atoms with Crippen LogP contribution in [0.25, 0.3) is 10.9 Å². The van der Waals surface area contributed by atoms with Crippen molar-refractivity contribution in [2.45, 2.75) is 13.8 Å². The summed E-state index contributed by atoms with van der Waals surface area (Å²) in [5.41, 5.74) is 0.282. The number of carbonyl (C=O) groups is 1. The third-order valence-corrected chi connectivity index (χ3v) is 5.20. The van der Waals surface area contributed by atoms with Crippen molar-refractivity contribution in [1.29, 1.82) is 0 Å². The summed E-state index contributed by atoms with van der Waals surface area (Å²) in [6.07, 6.45) is 0. The topological polar surface area (TPSA) is 62.0 Å². The third-order valence-electron chi connectivity index (χ3n) is 4.02. The molecule has 0 aliphatic carbocycles. The third kappa shape index (κ3) is 3.81. The van der Waals surface area contributed by atoms with Gasteiger partial charge in [0, 0.05) is 10.9 Å². The number of hydrogen-bond acceptors (Lipinski definition) is 3. The van der Waals surface area contributed by atoms with Gasteiger partial charge in [-0.05, 0) is 30.3 Å². The average Bonchev–Trinajstić information content (AvgIpc) is 2.60. The Kier molecular flexibility index (Phi) is 5.73. The summed E-state index contributed by atoms with van der Waals surface area (Å²) in [5.74, 6) is -0.538. The molecular formula is C19H14Cl4N2O2. The summed E-state index contributed by atoms with van der Waals surface area (Å²) in [6.45, 7) is 3.43. The van der Waals surface area contributed by atoms with Gasteiger partial charge in [0.2, 0.25) is 5.43 Å². The Balaban J connectivity index is 2.32. The lowest BCUT2D eigenvalue weighted by Crippen LogP contribution is -2.22. The first-order valence-corrected chi connectivity index (χ1v) is 9.52. The van der Waals surface area contributed by atoms with E-state index < -0.39 is 11.3 Å². The van der Waals surface area contributed by atoms with Gasteiger partial charge in [0.25, 0.3) is 0 Å². The molecule has 0 aliphatic rings. The second kappa shape index (κ2) is 7.72. The number of carbonyl (C=O) groups excluding carboxylic acids is 1. The van der Waals surface area contributed by atoms with E-state index in [1.54, 1.807) is 38.1 Å². The number of hydrogen-bond donors (Lipinski definition) is 2. The number of fused-ring (bicyclic) bond motifs is 1. The predicted molar refractivity (Wildman–Crippen MR) is 114 cm³/mol. The Morgan fingerprint density at radius 2 is 1.67 bits per heavy atom. The normalized spacial score (nSPS) is 11.2. The number of anilines is 2. The van der Waals surface area contributed by atoms with Crippen LogP contribution in [-0.4, -0.2) is 10.8 Å². The SMILES string of the molecule is CC(C)C(=O)c1c(Nc2ccc(Cl)cc2Cl)[nH]c2c(Cl)ccc(Cl)c2c1=O. The summed E-state index contributed by atoms with van der Waals surface area (Å²) >= 11 is 24.6. The molecule has 0 spiro atoms. The zero-order valence-electron chi connectivity index (χ0n) is 14.3. The van der Waals surface area contributed by atoms with E-state index >= 15 is 0 Å². The molecule has 1 heterocycles. The van der Waals surface area contributed by atoms with Gasteiger partial charge in [-0.2, -0.15) is 0 Å². The predicted octanol–water partition coefficient (Wildman–Crippen LogP) is 6.72. The van der Waals surface area contributed by atoms with Gasteiger partial charge >= 0.3 is 0 Å². The number of ketones is 1. The van der Waals surface area contributed by atoms with E-state index in [-0.39, 0.29) is 27.6 Å². The molecule has 0 amide bonds. The van der Waals surface area contributed by atoms with E-state index in [1.165, 1.54) is 6.07 Å². The Bertz CT molecular complexity index is 1120. The van der Waals surface area contributed by atoms with Gasteiger partial charge in [0.1, 0.15) is 11.4 Å². The van der Waals surface area contributed by atoms with E-state index in [2.05, 4.69) is 10.3 Å². The van der Waals surface area contributed by atoms with Crippen molar-refractivity contribution in [2.24, 2.45) is 5.92 Å². The second-order valence-corrected chi connectivity index (χ2v) is 7.91. The highest BCUT2D eigenvalue weighted by atomic mass is 35.5. The van der Waals surface area contributed by atoms with Gasteiger partial charge in [0.05, 0.1) is 31.7 Å². The van der Waals surface area contributed by atoms with Gasteiger partial charge < -0.3 is 10.3 Å². The van der Waals surface area contributed by atoms with Crippen LogP contribution < -0.4 is 10.7 Å². The molecule has 1 aromatic heterocycles. The molecule has 0 radical (unpaired) electrons. The molecule has 0 unspecified atom stereocenters. The van der Waals surface area contributed by atoms with E-state index in [0.29, 0.717) is 26.3 Å². The monoisotopic (exact) mass is 442 g/mol. The smallest absolute Gasteiger partial charge is 0.203 e. The lowest BCUT2D eigenvalue weighted by atomic mass is 9.99. The van der Waals surface area contributed by atoms with Crippen molar-refractivity contribution in [3.05, 3.63) is 66.2 Å². The first-order chi connectivity index (χ1) is 12.7. The van der Waals surface area contributed by atoms with Crippen molar-refractivity contribution >= 4 is 74.6 Å². The summed E-state index contributed by atoms with van der Waals surface area (Å²) in [4.78, 5) is 28.9. The van der Waals surface area contributed by atoms with Crippen LogP contribution in [0.5, 0.6) is 0 Å². The maximum Gasteiger partial charge on any atom is 0.203 e. The highest BCUT2D eigenvalue weighted by molar-refractivity contribution is 6.40. The first-order valence-electron chi connectivity index (χ1n) is 8.01. The molecule has 4 nitrogen and oxygen atoms in total. The molecule has 0 aliphatic heterocycles. The van der Waals surface area contributed by atoms with Crippen LogP contribution in [0.15, 0.2) is 35.1 Å². The minimum Gasteiger partial charge on any atom is -0.340 e. The molecule has 2 N–H and O–H groups in total. The number of aromatic amines is 1. The molecule has 140 valence electrons. The van der Waals surface area contributed by atoms with Crippen LogP contribution in [0.4, 0.5) is 11.5 Å². The number of benzene rings is 2. The largest absolute Gasteiger partial charge is 0.340 e. The summed E-state index contributed by atoms with van der Waals surface area (Å²) in [6, 6.07) is 7.94. The lowest BCUT2D eigenvalue weighted by molar-refractivity contribution is 0.0939. The van der Waals surface area contributed by atoms with Crippen molar-refractivity contribution in [2.75, 3.05) is 5.32 Å². The molecule has 2 aromatic carbocycles. The van der Waals surface area contributed by atoms with Crippen LogP contribution in [-0.2, 0) is 0 Å². The maximum absolute atomic E-state index is 13.1. The van der Waals surface area contributed by atoms with Crippen LogP contribution in [0.2, 0.25) is 20.1 Å². The summed E-state index contributed by atoms with van der Waals surface area (Å²) < 4.78 is 0. The van der Waals surface area contributed by atoms with Crippen LogP contribution >= 0.6 is 46.4 Å². The number of pyridine rings is 1. The Hall–Kier alpha value is -1.72. The molecule has 0 atom stereocenters. The number of H-pyrrole nitrogens is 1. The molecule has 0 saturated heterocycles. The number of aromatic nitrogens is 1. The minimum absolute atomic E-state index is 0.0346. The van der Waals surface area contributed by atoms with Crippen LogP contribution in [0.3, 0.4) is 0 Å². The first kappa shape index (κ1) is 20.0. The lowest BCUT2D eigenvalue weighted by Gasteiger charge is -2.16. The average molecular weight is 444 g/mol. The second-order valence-electron chi connectivity index (χ2n) is 6.25. The fourth-order valence-corrected chi connectivity index (χ4v) is 3.57. The quantitative estimate of drug-likeness (QED) is 0.439. The van der Waals surface area contributed by atoms with Crippen molar-refractivity contribution in [3.8, 4) is 0 Å². The molecule has 0 bridgehead atoms. The number of halogens is 4. The Labute approximate surface area is 175 Å². The Morgan fingerprint density at radius 3 is 2.30 bits per heavy atom. The highest BCUT2D eigenvalue weighted by Crippen LogP contribution is 2.32. The fourth-order valence-electron chi connectivity index (χ4n) is 2.67. The number of Topliss-reactive ketones (excluding diaryl/α,β-unsaturated/α-hetero) is 1. The van der Waals surface area contributed by atoms with Crippen molar-refractivity contribution in [3.63, 3.8) is 0 Å². The molecule has 3 rings (SSSR count). The van der Waals surface area contributed by atoms with Crippen LogP contribution in [0.1, 0.15) is 24.2 Å². The fraction of sp³-hybridized carbons (Fsp3) is 0.158. The van der Waals surface area contributed by atoms with Gasteiger partial charge in [-0.25, -0.2) is 0 Å². The van der Waals surface area contributed by atoms with Gasteiger partial charge in [-0.3, -0.25) is 9.59 Å². The van der Waals surface area contributed by atoms with Gasteiger partial charge in [-0.15, -0.1) is 0 Å². The van der Waals surface area contributed by atoms with Gasteiger partial charge in [0.15, 0.2) is 5.78 Å². The van der Waals surface area contributed by atoms with Crippen molar-refractivity contribution < 1.29 is 4.79 Å². The zero-order valence-corrected chi connectivity index (χ0v) is 17.3. The number of rotatable bonds is 4. The van der Waals surface area contributed by atoms with E-state index in [1.807, 2.05) is 0 Å². The van der Waals surface area contributed by atoms with E-state index in [4.69, 9.17) is 46.4 Å². The maximum atomic E-state index is 13.1. The summed E-state index contributed by atoms with van der Waals surface area (Å²) in [7, 11) is 0. The molecule has 8 heteroatoms. The van der Waals surface area contributed by atoms with Crippen molar-refractivity contribution in [1.82, 2.24) is 4.98 Å².